The number of benzene rings is 6. The van der Waals surface area contributed by atoms with E-state index >= 15 is 38.4 Å². The first-order chi connectivity index (χ1) is 62.0. The fraction of sp³-hybridized carbons (Fsp3) is 0.426. The number of likely N-dealkylation sites (N-methyl/N-ethyl adjacent to an activating group) is 4. The molecule has 7 aromatic rings. The molecule has 2 saturated heterocycles. The van der Waals surface area contributed by atoms with Crippen molar-refractivity contribution in [1.82, 2.24) is 77.3 Å². The number of rotatable bonds is 23. The highest BCUT2D eigenvalue weighted by molar-refractivity contribution is 8.00. The predicted octanol–water partition coefficient (Wildman–Crippen LogP) is 2.47. The van der Waals surface area contributed by atoms with E-state index in [2.05, 4.69) is 52.8 Å². The van der Waals surface area contributed by atoms with E-state index in [1.165, 1.54) is 91.4 Å². The topological polar surface area (TPSA) is 500 Å². The molecule has 2 aliphatic rings. The Morgan fingerprint density at radius 3 is 1.51 bits per heavy atom. The van der Waals surface area contributed by atoms with Crippen molar-refractivity contribution < 1.29 is 92.0 Å². The number of carboxylic acid groups (broad SMARTS) is 1. The Balaban J connectivity index is 1.11. The van der Waals surface area contributed by atoms with Gasteiger partial charge in [0.25, 0.3) is 0 Å². The third-order valence-electron chi connectivity index (χ3n) is 22.9. The quantitative estimate of drug-likeness (QED) is 0.0437. The summed E-state index contributed by atoms with van der Waals surface area (Å²) in [6.45, 7) is 7.01. The number of aromatic hydroxyl groups is 2. The van der Waals surface area contributed by atoms with Crippen LogP contribution in [-0.2, 0) is 115 Å². The van der Waals surface area contributed by atoms with Crippen LogP contribution in [0, 0.1) is 11.8 Å². The number of para-hydroxylation sites is 1. The molecule has 15 N–H and O–H groups in total. The van der Waals surface area contributed by atoms with Crippen molar-refractivity contribution in [3.05, 3.63) is 203 Å². The van der Waals surface area contributed by atoms with Gasteiger partial charge in [-0.2, -0.15) is 0 Å². The number of aromatic amines is 1. The number of primary amides is 1. The average Bonchev–Trinajstić information content (AvgIpc) is 0.974. The molecule has 9 rings (SSSR count). The number of hydrogen-bond donors (Lipinski definition) is 14. The number of carbonyl (C=O) groups is 16. The Bertz CT molecular complexity index is 5140. The van der Waals surface area contributed by atoms with Crippen LogP contribution in [0.25, 0.3) is 10.9 Å². The summed E-state index contributed by atoms with van der Waals surface area (Å²) in [4.78, 5) is 245. The van der Waals surface area contributed by atoms with Gasteiger partial charge in [-0.3, -0.25) is 76.7 Å². The maximum absolute atomic E-state index is 15.6. The van der Waals surface area contributed by atoms with Crippen LogP contribution < -0.4 is 53.6 Å². The summed E-state index contributed by atoms with van der Waals surface area (Å²) >= 11 is 0.834. The number of amides is 15. The molecule has 36 heteroatoms. The zero-order chi connectivity index (χ0) is 94.6. The Morgan fingerprint density at radius 2 is 0.962 bits per heavy atom. The summed E-state index contributed by atoms with van der Waals surface area (Å²) in [6.07, 6.45) is 0.222. The standard InChI is InChI=1S/C94H118N16O19S/c1-10-11-31-75-93(128)110-41-40-74(110)88(123)102-70(49-81(116)117)87(122)105-82(56(4)5)94(129)108(8)76(46-58-25-17-13-18-26-58)89(124)103-71(45-61-34-38-64(112)39-35-61)90(125)106(6)52-79(114)98-69(48-62-50-96-66-30-22-21-29-65(62)66)86(121)101-68(43-60-32-36-63(111)37-33-60)85(120)100-67(42-55(2)3)84(119)104-73(83(118)97-51-78(95)113)53-130-54-80(115)99-72(44-57-23-15-12-16-24-57)91(126)109(9)77(92(127)107(75)7)47-59-27-19-14-20-28-59/h12-30,32-39,50,55-56,67-77,82,96,111-112H,10-11,31,40-49,51-54H2,1-9H3,(H2,95,113)(H,97,118)(H,98,114)(H,99,115)(H,100,120)(H,101,121)(H,102,123)(H,103,124)(H,104,119)(H,105,122)(H,116,117)/t67-,68-,69-,70-,71-,72-,73-,74+,75-,76-,77-,82-/m0/s1. The van der Waals surface area contributed by atoms with Crippen molar-refractivity contribution in [1.29, 1.82) is 0 Å². The normalized spacial score (nSPS) is 22.7. The molecule has 2 fully saturated rings. The van der Waals surface area contributed by atoms with Gasteiger partial charge in [0.15, 0.2) is 0 Å². The molecule has 12 atom stereocenters. The van der Waals surface area contributed by atoms with E-state index in [1.807, 2.05) is 6.92 Å². The lowest BCUT2D eigenvalue weighted by Crippen LogP contribution is -2.65. The number of hydrogen-bond acceptors (Lipinski definition) is 19. The molecule has 1 aromatic heterocycles. The van der Waals surface area contributed by atoms with Crippen LogP contribution >= 0.6 is 11.8 Å². The number of fused-ring (bicyclic) bond motifs is 2. The molecule has 0 radical (unpaired) electrons. The fourth-order valence-corrected chi connectivity index (χ4v) is 16.4. The number of nitrogens with one attached hydrogen (secondary N) is 10. The molecular formula is C94H118N16O19S. The van der Waals surface area contributed by atoms with Gasteiger partial charge in [-0.25, -0.2) is 0 Å². The molecule has 6 aromatic carbocycles. The van der Waals surface area contributed by atoms with Crippen LogP contribution in [0.15, 0.2) is 170 Å². The van der Waals surface area contributed by atoms with E-state index in [9.17, 15) is 53.7 Å². The number of aliphatic carboxylic acids is 1. The van der Waals surface area contributed by atoms with Gasteiger partial charge in [0.05, 0.1) is 25.3 Å². The van der Waals surface area contributed by atoms with E-state index in [-0.39, 0.29) is 87.5 Å². The van der Waals surface area contributed by atoms with Crippen LogP contribution in [0.3, 0.4) is 0 Å². The number of unbranched alkanes of at least 4 members (excludes halogenated alkanes) is 1. The lowest BCUT2D eigenvalue weighted by atomic mass is 9.96. The molecule has 15 amide bonds. The molecular weight excluding hydrogens is 1690 g/mol. The van der Waals surface area contributed by atoms with Crippen LogP contribution in [-0.4, -0.2) is 271 Å². The molecule has 0 bridgehead atoms. The minimum absolute atomic E-state index is 0.0215. The van der Waals surface area contributed by atoms with Crippen molar-refractivity contribution in [3.63, 3.8) is 0 Å². The molecule has 35 nitrogen and oxygen atoms in total. The van der Waals surface area contributed by atoms with Crippen molar-refractivity contribution in [2.75, 3.05) is 59.3 Å². The number of aromatic nitrogens is 1. The minimum atomic E-state index is -1.89. The number of nitrogens with zero attached hydrogens (tertiary/aromatic N) is 5. The molecule has 0 spiro atoms. The number of thioether (sulfide) groups is 1. The molecule has 0 unspecified atom stereocenters. The second kappa shape index (κ2) is 47.9. The number of phenols is 2. The monoisotopic (exact) mass is 1810 g/mol. The zero-order valence-electron chi connectivity index (χ0n) is 74.4. The number of carboxylic acids is 1. The number of phenolic OH excluding ortho intramolecular Hbond substituents is 2. The summed E-state index contributed by atoms with van der Waals surface area (Å²) < 4.78 is 0. The third kappa shape index (κ3) is 28.7. The van der Waals surface area contributed by atoms with Crippen LogP contribution in [0.2, 0.25) is 0 Å². The number of carbonyl (C=O) groups excluding carboxylic acids is 15. The first-order valence-electron chi connectivity index (χ1n) is 43.3. The summed E-state index contributed by atoms with van der Waals surface area (Å²) in [7, 11) is 5.33. The number of nitrogens with two attached hydrogens (primary N) is 1. The second-order valence-corrected chi connectivity index (χ2v) is 34.7. The molecule has 0 saturated carbocycles. The molecule has 694 valence electrons. The first kappa shape index (κ1) is 100. The van der Waals surface area contributed by atoms with E-state index in [1.54, 1.807) is 149 Å². The summed E-state index contributed by atoms with van der Waals surface area (Å²) in [5.41, 5.74) is 9.15. The minimum Gasteiger partial charge on any atom is -0.508 e. The van der Waals surface area contributed by atoms with E-state index in [0.717, 1.165) is 21.6 Å². The second-order valence-electron chi connectivity index (χ2n) is 33.6. The van der Waals surface area contributed by atoms with Gasteiger partial charge in [-0.1, -0.05) is 181 Å². The average molecular weight is 1810 g/mol. The highest BCUT2D eigenvalue weighted by Gasteiger charge is 2.46. The largest absolute Gasteiger partial charge is 0.508 e. The van der Waals surface area contributed by atoms with E-state index < -0.39 is 198 Å². The zero-order valence-corrected chi connectivity index (χ0v) is 75.2. The highest BCUT2D eigenvalue weighted by Crippen LogP contribution is 2.27. The van der Waals surface area contributed by atoms with Gasteiger partial charge in [-0.15, -0.1) is 11.8 Å². The lowest BCUT2D eigenvalue weighted by Gasteiger charge is -2.44. The predicted molar refractivity (Wildman–Crippen MR) is 485 cm³/mol. The van der Waals surface area contributed by atoms with Crippen LogP contribution in [0.5, 0.6) is 11.5 Å². The SMILES string of the molecule is CCCC[C@H]1C(=O)N2CC[C@@H]2C(=O)N[C@@H](CC(=O)O)C(=O)N[C@@H](C(C)C)C(=O)N(C)[C@@H](Cc2ccccc2)C(=O)N[C@@H](Cc2ccc(O)cc2)C(=O)N(C)CC(=O)N[C@@H](Cc2c[nH]c3ccccc23)C(=O)N[C@@H](Cc2ccc(O)cc2)C(=O)N[C@@H](CC(C)C)C(=O)N[C@H](C(=O)NCC(N)=O)CSCC(=O)N[C@@H](Cc2ccccc2)C(=O)N(C)[C@@H](Cc2ccccc2)C(=O)N1C. The fourth-order valence-electron chi connectivity index (χ4n) is 15.5. The van der Waals surface area contributed by atoms with Gasteiger partial charge in [0.1, 0.15) is 84.0 Å². The van der Waals surface area contributed by atoms with E-state index in [4.69, 9.17) is 5.73 Å². The maximum Gasteiger partial charge on any atom is 0.305 e. The van der Waals surface area contributed by atoms with Crippen molar-refractivity contribution in [3.8, 4) is 11.5 Å². The Labute approximate surface area is 758 Å². The Kier molecular flexibility index (Phi) is 36.9. The number of H-pyrrole nitrogens is 1. The third-order valence-corrected chi connectivity index (χ3v) is 23.9. The Hall–Kier alpha value is -13.7. The van der Waals surface area contributed by atoms with Crippen LogP contribution in [0.1, 0.15) is 107 Å². The first-order valence-corrected chi connectivity index (χ1v) is 44.5. The van der Waals surface area contributed by atoms with Gasteiger partial charge >= 0.3 is 5.97 Å². The van der Waals surface area contributed by atoms with Gasteiger partial charge < -0.3 is 98.4 Å². The summed E-state index contributed by atoms with van der Waals surface area (Å²) in [5, 5.41) is 55.9. The van der Waals surface area contributed by atoms with Crippen molar-refractivity contribution in [2.45, 2.75) is 184 Å². The molecule has 2 aliphatic heterocycles. The maximum atomic E-state index is 15.6. The lowest BCUT2D eigenvalue weighted by molar-refractivity contribution is -0.157. The summed E-state index contributed by atoms with van der Waals surface area (Å²) in [5.74, 6) is -17.1. The van der Waals surface area contributed by atoms with E-state index in [0.29, 0.717) is 57.1 Å². The molecule has 0 aliphatic carbocycles. The molecule has 130 heavy (non-hydrogen) atoms. The Morgan fingerprint density at radius 1 is 0.485 bits per heavy atom. The van der Waals surface area contributed by atoms with Crippen molar-refractivity contribution >= 4 is 117 Å². The van der Waals surface area contributed by atoms with Gasteiger partial charge in [-0.05, 0) is 94.8 Å². The van der Waals surface area contributed by atoms with Gasteiger partial charge in [0.2, 0.25) is 88.6 Å². The molecule has 3 heterocycles. The van der Waals surface area contributed by atoms with Gasteiger partial charge in [0, 0.05) is 96.1 Å². The van der Waals surface area contributed by atoms with Crippen LogP contribution in [0.4, 0.5) is 0 Å². The highest BCUT2D eigenvalue weighted by atomic mass is 32.2. The van der Waals surface area contributed by atoms with Crippen molar-refractivity contribution in [2.24, 2.45) is 17.6 Å². The summed E-state index contributed by atoms with van der Waals surface area (Å²) in [6, 6.07) is 26.1. The smallest absolute Gasteiger partial charge is 0.305 e.